The molecule has 0 aliphatic heterocycles. The molecule has 0 bridgehead atoms. The molecule has 0 atom stereocenters. The average molecular weight is 310 g/mol. The van der Waals surface area contributed by atoms with E-state index >= 15 is 0 Å². The van der Waals surface area contributed by atoms with E-state index in [0.29, 0.717) is 12.2 Å². The van der Waals surface area contributed by atoms with E-state index in [4.69, 9.17) is 0 Å². The second kappa shape index (κ2) is 5.83. The van der Waals surface area contributed by atoms with Gasteiger partial charge in [-0.25, -0.2) is 4.98 Å². The topological polar surface area (TPSA) is 79.3 Å². The molecule has 1 amide bonds. The van der Waals surface area contributed by atoms with E-state index in [9.17, 15) is 14.7 Å². The first kappa shape index (κ1) is 15.2. The maximum absolute atomic E-state index is 11.4. The standard InChI is InChI=1S/C18H18N2O3/c1-12(21)20-16-7-6-14(11-19-16)15-5-3-2-4-13(15)10-18(8-9-18)17(22)23/h2-7,11H,8-10H2,1H3,(H,22,23)(H,19,20,21). The van der Waals surface area contributed by atoms with Gasteiger partial charge in [0, 0.05) is 18.7 Å². The molecular weight excluding hydrogens is 292 g/mol. The fourth-order valence-corrected chi connectivity index (χ4v) is 2.75. The number of anilines is 1. The number of carboxylic acid groups (broad SMARTS) is 1. The summed E-state index contributed by atoms with van der Waals surface area (Å²) in [6.45, 7) is 1.44. The molecule has 1 aliphatic carbocycles. The molecule has 1 heterocycles. The van der Waals surface area contributed by atoms with Gasteiger partial charge < -0.3 is 10.4 Å². The van der Waals surface area contributed by atoms with E-state index in [-0.39, 0.29) is 5.91 Å². The maximum Gasteiger partial charge on any atom is 0.309 e. The fourth-order valence-electron chi connectivity index (χ4n) is 2.75. The molecule has 1 aliphatic rings. The Labute approximate surface area is 134 Å². The summed E-state index contributed by atoms with van der Waals surface area (Å²) in [7, 11) is 0. The van der Waals surface area contributed by atoms with Gasteiger partial charge in [0.05, 0.1) is 5.41 Å². The van der Waals surface area contributed by atoms with E-state index in [0.717, 1.165) is 29.5 Å². The summed E-state index contributed by atoms with van der Waals surface area (Å²) in [6, 6.07) is 11.4. The first-order valence-electron chi connectivity index (χ1n) is 7.55. The van der Waals surface area contributed by atoms with Crippen LogP contribution in [0.2, 0.25) is 0 Å². The third-order valence-electron chi connectivity index (χ3n) is 4.23. The Bertz CT molecular complexity index is 749. The maximum atomic E-state index is 11.4. The third kappa shape index (κ3) is 3.23. The predicted molar refractivity (Wildman–Crippen MR) is 87.0 cm³/mol. The summed E-state index contributed by atoms with van der Waals surface area (Å²) in [4.78, 5) is 26.7. The van der Waals surface area contributed by atoms with Crippen molar-refractivity contribution in [1.82, 2.24) is 4.98 Å². The first-order valence-corrected chi connectivity index (χ1v) is 7.55. The van der Waals surface area contributed by atoms with Gasteiger partial charge in [0.2, 0.25) is 5.91 Å². The highest BCUT2D eigenvalue weighted by Gasteiger charge is 2.50. The molecule has 0 saturated heterocycles. The van der Waals surface area contributed by atoms with Gasteiger partial charge in [0.25, 0.3) is 0 Å². The Balaban J connectivity index is 1.88. The molecule has 3 rings (SSSR count). The molecule has 23 heavy (non-hydrogen) atoms. The highest BCUT2D eigenvalue weighted by Crippen LogP contribution is 2.49. The summed E-state index contributed by atoms with van der Waals surface area (Å²) in [6.07, 6.45) is 3.70. The van der Waals surface area contributed by atoms with Gasteiger partial charge in [-0.3, -0.25) is 9.59 Å². The molecule has 0 radical (unpaired) electrons. The normalized spacial score (nSPS) is 15.0. The fraction of sp³-hybridized carbons (Fsp3) is 0.278. The number of carbonyl (C=O) groups is 2. The van der Waals surface area contributed by atoms with Crippen LogP contribution in [-0.4, -0.2) is 22.0 Å². The predicted octanol–water partition coefficient (Wildman–Crippen LogP) is 3.11. The summed E-state index contributed by atoms with van der Waals surface area (Å²) in [5.41, 5.74) is 2.32. The van der Waals surface area contributed by atoms with Crippen molar-refractivity contribution in [2.24, 2.45) is 5.41 Å². The molecular formula is C18H18N2O3. The highest BCUT2D eigenvalue weighted by atomic mass is 16.4. The van der Waals surface area contributed by atoms with Crippen molar-refractivity contribution in [3.63, 3.8) is 0 Å². The number of pyridine rings is 1. The number of nitrogens with one attached hydrogen (secondary N) is 1. The van der Waals surface area contributed by atoms with Crippen LogP contribution in [-0.2, 0) is 16.0 Å². The summed E-state index contributed by atoms with van der Waals surface area (Å²) >= 11 is 0. The van der Waals surface area contributed by atoms with Crippen LogP contribution in [0.15, 0.2) is 42.6 Å². The van der Waals surface area contributed by atoms with E-state index in [1.807, 2.05) is 30.3 Å². The molecule has 0 unspecified atom stereocenters. The van der Waals surface area contributed by atoms with Gasteiger partial charge in [0.1, 0.15) is 5.82 Å². The minimum atomic E-state index is -0.716. The number of aromatic nitrogens is 1. The molecule has 0 spiro atoms. The highest BCUT2D eigenvalue weighted by molar-refractivity contribution is 5.87. The third-order valence-corrected chi connectivity index (χ3v) is 4.23. The number of rotatable bonds is 5. The molecule has 1 aromatic carbocycles. The van der Waals surface area contributed by atoms with E-state index < -0.39 is 11.4 Å². The number of nitrogens with zero attached hydrogens (tertiary/aromatic N) is 1. The molecule has 5 heteroatoms. The molecule has 1 saturated carbocycles. The van der Waals surface area contributed by atoms with Crippen molar-refractivity contribution in [3.8, 4) is 11.1 Å². The number of hydrogen-bond acceptors (Lipinski definition) is 3. The molecule has 5 nitrogen and oxygen atoms in total. The van der Waals surface area contributed by atoms with Crippen LogP contribution >= 0.6 is 0 Å². The van der Waals surface area contributed by atoms with E-state index in [2.05, 4.69) is 10.3 Å². The van der Waals surface area contributed by atoms with E-state index in [1.54, 1.807) is 12.3 Å². The van der Waals surface area contributed by atoms with Gasteiger partial charge in [-0.05, 0) is 42.5 Å². The first-order chi connectivity index (χ1) is 11.0. The Morgan fingerprint density at radius 3 is 2.52 bits per heavy atom. The molecule has 1 fully saturated rings. The van der Waals surface area contributed by atoms with Crippen LogP contribution in [0.25, 0.3) is 11.1 Å². The molecule has 1 aromatic heterocycles. The van der Waals surface area contributed by atoms with Crippen molar-refractivity contribution >= 4 is 17.7 Å². The lowest BCUT2D eigenvalue weighted by Gasteiger charge is -2.14. The van der Waals surface area contributed by atoms with Gasteiger partial charge in [-0.1, -0.05) is 24.3 Å². The molecule has 118 valence electrons. The van der Waals surface area contributed by atoms with Crippen molar-refractivity contribution in [2.75, 3.05) is 5.32 Å². The van der Waals surface area contributed by atoms with Crippen molar-refractivity contribution < 1.29 is 14.7 Å². The number of benzene rings is 1. The van der Waals surface area contributed by atoms with E-state index in [1.165, 1.54) is 6.92 Å². The summed E-state index contributed by atoms with van der Waals surface area (Å²) in [5, 5.41) is 12.0. The minimum Gasteiger partial charge on any atom is -0.481 e. The lowest BCUT2D eigenvalue weighted by Crippen LogP contribution is -2.18. The summed E-state index contributed by atoms with van der Waals surface area (Å²) < 4.78 is 0. The van der Waals surface area contributed by atoms with Crippen LogP contribution < -0.4 is 5.32 Å². The Morgan fingerprint density at radius 1 is 1.22 bits per heavy atom. The van der Waals surface area contributed by atoms with Gasteiger partial charge in [-0.2, -0.15) is 0 Å². The van der Waals surface area contributed by atoms with Crippen molar-refractivity contribution in [1.29, 1.82) is 0 Å². The Kier molecular flexibility index (Phi) is 3.86. The number of amides is 1. The van der Waals surface area contributed by atoms with Crippen molar-refractivity contribution in [3.05, 3.63) is 48.2 Å². The Hall–Kier alpha value is -2.69. The minimum absolute atomic E-state index is 0.164. The van der Waals surface area contributed by atoms with Crippen LogP contribution in [0, 0.1) is 5.41 Å². The quantitative estimate of drug-likeness (QED) is 0.889. The smallest absolute Gasteiger partial charge is 0.309 e. The second-order valence-electron chi connectivity index (χ2n) is 6.03. The summed E-state index contributed by atoms with van der Waals surface area (Å²) in [5.74, 6) is -0.378. The van der Waals surface area contributed by atoms with Crippen LogP contribution in [0.5, 0.6) is 0 Å². The SMILES string of the molecule is CC(=O)Nc1ccc(-c2ccccc2CC2(C(=O)O)CC2)cn1. The monoisotopic (exact) mass is 310 g/mol. The zero-order valence-corrected chi connectivity index (χ0v) is 12.9. The lowest BCUT2D eigenvalue weighted by atomic mass is 9.91. The number of hydrogen-bond donors (Lipinski definition) is 2. The average Bonchev–Trinajstić information content (AvgIpc) is 3.29. The Morgan fingerprint density at radius 2 is 1.96 bits per heavy atom. The lowest BCUT2D eigenvalue weighted by molar-refractivity contribution is -0.143. The second-order valence-corrected chi connectivity index (χ2v) is 6.03. The number of aliphatic carboxylic acids is 1. The van der Waals surface area contributed by atoms with Gasteiger partial charge in [0.15, 0.2) is 0 Å². The molecule has 2 aromatic rings. The van der Waals surface area contributed by atoms with Crippen LogP contribution in [0.4, 0.5) is 5.82 Å². The van der Waals surface area contributed by atoms with Crippen molar-refractivity contribution in [2.45, 2.75) is 26.2 Å². The van der Waals surface area contributed by atoms with Crippen LogP contribution in [0.1, 0.15) is 25.3 Å². The zero-order chi connectivity index (χ0) is 16.4. The molecule has 2 N–H and O–H groups in total. The number of carbonyl (C=O) groups excluding carboxylic acids is 1. The van der Waals surface area contributed by atoms with Crippen LogP contribution in [0.3, 0.4) is 0 Å². The number of carboxylic acids is 1. The largest absolute Gasteiger partial charge is 0.481 e. The zero-order valence-electron chi connectivity index (χ0n) is 12.9. The van der Waals surface area contributed by atoms with Gasteiger partial charge >= 0.3 is 5.97 Å². The van der Waals surface area contributed by atoms with Gasteiger partial charge in [-0.15, -0.1) is 0 Å².